The predicted octanol–water partition coefficient (Wildman–Crippen LogP) is 2.36. The molecule has 1 fully saturated rings. The molecule has 2 atom stereocenters. The largest absolute Gasteiger partial charge is 0.409 e. The maximum absolute atomic E-state index is 8.85. The van der Waals surface area contributed by atoms with E-state index in [1.165, 1.54) is 0 Å². The molecule has 1 aliphatic rings. The molecule has 98 valence electrons. The second kappa shape index (κ2) is 5.63. The van der Waals surface area contributed by atoms with Crippen LogP contribution < -0.4 is 5.73 Å². The average Bonchev–Trinajstić information content (AvgIpc) is 2.76. The molecule has 0 aromatic heterocycles. The van der Waals surface area contributed by atoms with Crippen molar-refractivity contribution in [3.05, 3.63) is 29.3 Å². The Bertz CT molecular complexity index is 462. The van der Waals surface area contributed by atoms with Crippen LogP contribution in [0.25, 0.3) is 0 Å². The standard InChI is InChI=1S/C13H18N2O2S/c1-8-4-3-5-10(13(14)15-16)12(8)18-11-6-7-17-9(11)2/h3-5,9,11,16H,6-7H2,1-2H3,(H2,14,15). The normalized spacial score (nSPS) is 24.4. The van der Waals surface area contributed by atoms with E-state index in [0.717, 1.165) is 29.1 Å². The molecule has 0 saturated carbocycles. The number of benzene rings is 1. The SMILES string of the molecule is Cc1cccc(/C(N)=N/O)c1SC1CCOC1C. The molecule has 0 aliphatic carbocycles. The third-order valence-corrected chi connectivity index (χ3v) is 4.87. The van der Waals surface area contributed by atoms with Crippen molar-refractivity contribution in [3.63, 3.8) is 0 Å². The highest BCUT2D eigenvalue weighted by Gasteiger charge is 2.26. The highest BCUT2D eigenvalue weighted by molar-refractivity contribution is 8.00. The number of amidine groups is 1. The third-order valence-electron chi connectivity index (χ3n) is 3.17. The Morgan fingerprint density at radius 2 is 2.33 bits per heavy atom. The van der Waals surface area contributed by atoms with E-state index >= 15 is 0 Å². The number of aryl methyl sites for hydroxylation is 1. The van der Waals surface area contributed by atoms with E-state index < -0.39 is 0 Å². The van der Waals surface area contributed by atoms with Crippen molar-refractivity contribution < 1.29 is 9.94 Å². The number of nitrogens with zero attached hydrogens (tertiary/aromatic N) is 1. The molecule has 0 spiro atoms. The molecule has 2 rings (SSSR count). The number of thioether (sulfide) groups is 1. The van der Waals surface area contributed by atoms with Crippen molar-refractivity contribution in [2.75, 3.05) is 6.61 Å². The Labute approximate surface area is 111 Å². The van der Waals surface area contributed by atoms with Gasteiger partial charge in [-0.05, 0) is 25.8 Å². The van der Waals surface area contributed by atoms with Gasteiger partial charge in [0.2, 0.25) is 0 Å². The van der Waals surface area contributed by atoms with Crippen LogP contribution in [0.15, 0.2) is 28.3 Å². The molecule has 1 aliphatic heterocycles. The van der Waals surface area contributed by atoms with E-state index in [1.807, 2.05) is 25.1 Å². The van der Waals surface area contributed by atoms with Crippen LogP contribution in [0, 0.1) is 6.92 Å². The molecule has 0 bridgehead atoms. The van der Waals surface area contributed by atoms with Gasteiger partial charge in [-0.2, -0.15) is 0 Å². The zero-order valence-electron chi connectivity index (χ0n) is 10.6. The third kappa shape index (κ3) is 2.62. The van der Waals surface area contributed by atoms with Gasteiger partial charge in [-0.25, -0.2) is 0 Å². The summed E-state index contributed by atoms with van der Waals surface area (Å²) in [5.74, 6) is 0.160. The monoisotopic (exact) mass is 266 g/mol. The first-order chi connectivity index (χ1) is 8.63. The summed E-state index contributed by atoms with van der Waals surface area (Å²) in [5, 5.41) is 12.4. The number of rotatable bonds is 3. The summed E-state index contributed by atoms with van der Waals surface area (Å²) >= 11 is 1.76. The smallest absolute Gasteiger partial charge is 0.171 e. The predicted molar refractivity (Wildman–Crippen MR) is 73.4 cm³/mol. The van der Waals surface area contributed by atoms with Crippen LogP contribution in [0.5, 0.6) is 0 Å². The van der Waals surface area contributed by atoms with Crippen LogP contribution in [0.3, 0.4) is 0 Å². The zero-order valence-corrected chi connectivity index (χ0v) is 11.4. The number of hydrogen-bond acceptors (Lipinski definition) is 4. The minimum atomic E-state index is 0.160. The van der Waals surface area contributed by atoms with Gasteiger partial charge in [0.15, 0.2) is 5.84 Å². The van der Waals surface area contributed by atoms with Crippen LogP contribution >= 0.6 is 11.8 Å². The molecule has 1 heterocycles. The van der Waals surface area contributed by atoms with Gasteiger partial charge in [0.25, 0.3) is 0 Å². The van der Waals surface area contributed by atoms with Crippen LogP contribution in [0.2, 0.25) is 0 Å². The first-order valence-corrected chi connectivity index (χ1v) is 6.87. The quantitative estimate of drug-likeness (QED) is 0.381. The van der Waals surface area contributed by atoms with Crippen LogP contribution in [0.1, 0.15) is 24.5 Å². The summed E-state index contributed by atoms with van der Waals surface area (Å²) in [7, 11) is 0. The summed E-state index contributed by atoms with van der Waals surface area (Å²) in [6.07, 6.45) is 1.28. The Morgan fingerprint density at radius 3 is 2.94 bits per heavy atom. The molecule has 3 N–H and O–H groups in total. The number of hydrogen-bond donors (Lipinski definition) is 2. The fraction of sp³-hybridized carbons (Fsp3) is 0.462. The Kier molecular flexibility index (Phi) is 4.14. The molecule has 4 nitrogen and oxygen atoms in total. The van der Waals surface area contributed by atoms with Crippen LogP contribution in [-0.4, -0.2) is 29.0 Å². The summed E-state index contributed by atoms with van der Waals surface area (Å²) in [6, 6.07) is 5.84. The second-order valence-electron chi connectivity index (χ2n) is 4.46. The lowest BCUT2D eigenvalue weighted by molar-refractivity contribution is 0.127. The highest BCUT2D eigenvalue weighted by atomic mass is 32.2. The van der Waals surface area contributed by atoms with Gasteiger partial charge in [0.05, 0.1) is 6.10 Å². The van der Waals surface area contributed by atoms with Crippen LogP contribution in [-0.2, 0) is 4.74 Å². The van der Waals surface area contributed by atoms with Crippen molar-refractivity contribution >= 4 is 17.6 Å². The van der Waals surface area contributed by atoms with Gasteiger partial charge in [-0.1, -0.05) is 23.4 Å². The summed E-state index contributed by atoms with van der Waals surface area (Å²) < 4.78 is 5.57. The highest BCUT2D eigenvalue weighted by Crippen LogP contribution is 2.36. The van der Waals surface area contributed by atoms with Gasteiger partial charge < -0.3 is 15.7 Å². The second-order valence-corrected chi connectivity index (χ2v) is 5.71. The molecule has 5 heteroatoms. The first kappa shape index (κ1) is 13.2. The molecule has 1 aromatic rings. The minimum absolute atomic E-state index is 0.160. The fourth-order valence-corrected chi connectivity index (χ4v) is 3.42. The fourth-order valence-electron chi connectivity index (χ4n) is 2.08. The Balaban J connectivity index is 2.31. The topological polar surface area (TPSA) is 67.8 Å². The molecule has 1 saturated heterocycles. The molecule has 1 aromatic carbocycles. The van der Waals surface area contributed by atoms with E-state index in [4.69, 9.17) is 15.7 Å². The van der Waals surface area contributed by atoms with Crippen LogP contribution in [0.4, 0.5) is 0 Å². The van der Waals surface area contributed by atoms with Crippen molar-refractivity contribution in [1.82, 2.24) is 0 Å². The van der Waals surface area contributed by atoms with E-state index in [0.29, 0.717) is 5.25 Å². The van der Waals surface area contributed by atoms with E-state index in [1.54, 1.807) is 11.8 Å². The van der Waals surface area contributed by atoms with E-state index in [2.05, 4.69) is 12.1 Å². The van der Waals surface area contributed by atoms with E-state index in [9.17, 15) is 0 Å². The first-order valence-electron chi connectivity index (χ1n) is 5.99. The molecule has 18 heavy (non-hydrogen) atoms. The molecule has 0 radical (unpaired) electrons. The molecule has 2 unspecified atom stereocenters. The lowest BCUT2D eigenvalue weighted by Gasteiger charge is -2.17. The van der Waals surface area contributed by atoms with Crippen molar-refractivity contribution in [1.29, 1.82) is 0 Å². The molecular weight excluding hydrogens is 248 g/mol. The van der Waals surface area contributed by atoms with Crippen molar-refractivity contribution in [3.8, 4) is 0 Å². The zero-order chi connectivity index (χ0) is 13.1. The van der Waals surface area contributed by atoms with Gasteiger partial charge >= 0.3 is 0 Å². The average molecular weight is 266 g/mol. The van der Waals surface area contributed by atoms with E-state index in [-0.39, 0.29) is 11.9 Å². The maximum atomic E-state index is 8.85. The maximum Gasteiger partial charge on any atom is 0.171 e. The lowest BCUT2D eigenvalue weighted by Crippen LogP contribution is -2.17. The summed E-state index contributed by atoms with van der Waals surface area (Å²) in [6.45, 7) is 4.94. The van der Waals surface area contributed by atoms with Crippen molar-refractivity contribution in [2.24, 2.45) is 10.9 Å². The Morgan fingerprint density at radius 1 is 1.56 bits per heavy atom. The molecular formula is C13H18N2O2S. The Hall–Kier alpha value is -1.20. The number of ether oxygens (including phenoxy) is 1. The van der Waals surface area contributed by atoms with Crippen molar-refractivity contribution in [2.45, 2.75) is 36.5 Å². The van der Waals surface area contributed by atoms with Gasteiger partial charge in [-0.15, -0.1) is 11.8 Å². The van der Waals surface area contributed by atoms with Gasteiger partial charge in [0, 0.05) is 22.3 Å². The molecule has 0 amide bonds. The van der Waals surface area contributed by atoms with Gasteiger partial charge in [0.1, 0.15) is 0 Å². The minimum Gasteiger partial charge on any atom is -0.409 e. The number of oxime groups is 1. The van der Waals surface area contributed by atoms with Gasteiger partial charge in [-0.3, -0.25) is 0 Å². The lowest BCUT2D eigenvalue weighted by atomic mass is 10.1. The summed E-state index contributed by atoms with van der Waals surface area (Å²) in [4.78, 5) is 1.08. The number of nitrogens with two attached hydrogens (primary N) is 1. The summed E-state index contributed by atoms with van der Waals surface area (Å²) in [5.41, 5.74) is 7.66.